The predicted molar refractivity (Wildman–Crippen MR) is 110 cm³/mol. The summed E-state index contributed by atoms with van der Waals surface area (Å²) in [6.45, 7) is 6.39. The molecule has 0 bridgehead atoms. The zero-order valence-corrected chi connectivity index (χ0v) is 17.6. The second-order valence-corrected chi connectivity index (χ2v) is 7.77. The molecule has 0 spiro atoms. The lowest BCUT2D eigenvalue weighted by Crippen LogP contribution is -2.23. The van der Waals surface area contributed by atoms with Crippen molar-refractivity contribution in [3.63, 3.8) is 0 Å². The molecule has 2 rings (SSSR count). The Morgan fingerprint density at radius 2 is 1.93 bits per heavy atom. The first-order valence-electron chi connectivity index (χ1n) is 10.1. The van der Waals surface area contributed by atoms with Crippen molar-refractivity contribution in [1.29, 1.82) is 0 Å². The molecular formula is C23H29FO6. The highest BCUT2D eigenvalue weighted by Crippen LogP contribution is 2.28. The zero-order valence-electron chi connectivity index (χ0n) is 17.6. The summed E-state index contributed by atoms with van der Waals surface area (Å²) >= 11 is 0. The first-order valence-corrected chi connectivity index (χ1v) is 10.1. The van der Waals surface area contributed by atoms with E-state index in [1.807, 2.05) is 13.8 Å². The third-order valence-electron chi connectivity index (χ3n) is 4.84. The molecule has 1 aromatic rings. The van der Waals surface area contributed by atoms with Crippen LogP contribution in [-0.4, -0.2) is 41.3 Å². The number of carbonyl (C=O) groups is 2. The number of unbranched alkanes of at least 4 members (excludes halogenated alkanes) is 1. The summed E-state index contributed by atoms with van der Waals surface area (Å²) in [7, 11) is 0. The lowest BCUT2D eigenvalue weighted by atomic mass is 9.90. The van der Waals surface area contributed by atoms with Crippen molar-refractivity contribution in [1.82, 2.24) is 0 Å². The van der Waals surface area contributed by atoms with Gasteiger partial charge in [0.15, 0.2) is 17.3 Å². The molecule has 1 aliphatic carbocycles. The van der Waals surface area contributed by atoms with Crippen molar-refractivity contribution >= 4 is 11.8 Å². The number of aliphatic hydroxyl groups excluding tert-OH is 1. The highest BCUT2D eigenvalue weighted by Gasteiger charge is 2.25. The number of benzene rings is 1. The number of aliphatic hydroxyl groups is 1. The molecule has 6 nitrogen and oxygen atoms in total. The second kappa shape index (κ2) is 10.9. The molecule has 0 aromatic heterocycles. The Hall–Kier alpha value is -2.67. The molecule has 0 radical (unpaired) electrons. The second-order valence-electron chi connectivity index (χ2n) is 7.77. The average Bonchev–Trinajstić information content (AvgIpc) is 2.67. The minimum Gasteiger partial charge on any atom is -0.507 e. The monoisotopic (exact) mass is 420 g/mol. The van der Waals surface area contributed by atoms with E-state index in [-0.39, 0.29) is 41.5 Å². The van der Waals surface area contributed by atoms with E-state index in [1.165, 1.54) is 12.1 Å². The van der Waals surface area contributed by atoms with Gasteiger partial charge in [-0.2, -0.15) is 0 Å². The van der Waals surface area contributed by atoms with E-state index in [0.29, 0.717) is 43.4 Å². The van der Waals surface area contributed by atoms with Crippen LogP contribution in [0.3, 0.4) is 0 Å². The van der Waals surface area contributed by atoms with E-state index in [1.54, 1.807) is 13.0 Å². The van der Waals surface area contributed by atoms with Gasteiger partial charge in [0.25, 0.3) is 0 Å². The number of halogens is 1. The Bertz CT molecular complexity index is 840. The Balaban J connectivity index is 1.73. The van der Waals surface area contributed by atoms with E-state index in [4.69, 9.17) is 14.6 Å². The van der Waals surface area contributed by atoms with Gasteiger partial charge in [0, 0.05) is 13.0 Å². The van der Waals surface area contributed by atoms with Gasteiger partial charge in [0.1, 0.15) is 5.76 Å². The fourth-order valence-electron chi connectivity index (χ4n) is 3.15. The molecule has 0 fully saturated rings. The molecule has 164 valence electrons. The van der Waals surface area contributed by atoms with Crippen molar-refractivity contribution in [2.24, 2.45) is 5.92 Å². The number of aromatic carboxylic acids is 1. The van der Waals surface area contributed by atoms with Crippen LogP contribution in [0, 0.1) is 11.7 Å². The van der Waals surface area contributed by atoms with Crippen LogP contribution in [-0.2, 0) is 9.53 Å². The Morgan fingerprint density at radius 1 is 1.23 bits per heavy atom. The summed E-state index contributed by atoms with van der Waals surface area (Å²) in [5.41, 5.74) is 0.905. The minimum absolute atomic E-state index is 0.0144. The molecule has 1 aliphatic rings. The van der Waals surface area contributed by atoms with Crippen molar-refractivity contribution in [3.8, 4) is 5.75 Å². The average molecular weight is 420 g/mol. The maximum absolute atomic E-state index is 13.8. The van der Waals surface area contributed by atoms with Gasteiger partial charge in [-0.3, -0.25) is 4.79 Å². The van der Waals surface area contributed by atoms with Gasteiger partial charge in [0.2, 0.25) is 0 Å². The maximum atomic E-state index is 13.8. The molecule has 2 N–H and O–H groups in total. The van der Waals surface area contributed by atoms with Crippen molar-refractivity contribution < 1.29 is 33.7 Å². The van der Waals surface area contributed by atoms with E-state index < -0.39 is 11.8 Å². The van der Waals surface area contributed by atoms with Crippen molar-refractivity contribution in [2.45, 2.75) is 52.6 Å². The summed E-state index contributed by atoms with van der Waals surface area (Å²) in [4.78, 5) is 23.0. The number of allylic oxidation sites excluding steroid dienone is 1. The van der Waals surface area contributed by atoms with Crippen LogP contribution >= 0.6 is 0 Å². The van der Waals surface area contributed by atoms with Gasteiger partial charge < -0.3 is 19.7 Å². The number of carbonyl (C=O) groups excluding carboxylic acids is 1. The summed E-state index contributed by atoms with van der Waals surface area (Å²) in [5.74, 6) is -1.70. The largest absolute Gasteiger partial charge is 0.507 e. The molecule has 7 heteroatoms. The van der Waals surface area contributed by atoms with Gasteiger partial charge in [-0.15, -0.1) is 0 Å². The number of carboxylic acids is 1. The van der Waals surface area contributed by atoms with Crippen LogP contribution in [0.25, 0.3) is 0 Å². The molecule has 1 unspecified atom stereocenters. The summed E-state index contributed by atoms with van der Waals surface area (Å²) in [6, 6.07) is 3.53. The number of hydrogen-bond donors (Lipinski definition) is 2. The van der Waals surface area contributed by atoms with Crippen molar-refractivity contribution in [2.75, 3.05) is 13.2 Å². The Morgan fingerprint density at radius 3 is 2.57 bits per heavy atom. The third-order valence-corrected chi connectivity index (χ3v) is 4.84. The fourth-order valence-corrected chi connectivity index (χ4v) is 3.15. The molecule has 0 amide bonds. The topological polar surface area (TPSA) is 93.1 Å². The van der Waals surface area contributed by atoms with Crippen LogP contribution < -0.4 is 4.74 Å². The normalized spacial score (nSPS) is 16.6. The van der Waals surface area contributed by atoms with Crippen LogP contribution in [0.2, 0.25) is 0 Å². The van der Waals surface area contributed by atoms with Gasteiger partial charge in [0.05, 0.1) is 23.8 Å². The lowest BCUT2D eigenvalue weighted by Gasteiger charge is -2.24. The number of ether oxygens (including phenoxy) is 2. The predicted octanol–water partition coefficient (Wildman–Crippen LogP) is 4.85. The summed E-state index contributed by atoms with van der Waals surface area (Å²) in [6.07, 6.45) is 3.69. The quantitative estimate of drug-likeness (QED) is 0.497. The van der Waals surface area contributed by atoms with E-state index in [2.05, 4.69) is 0 Å². The molecule has 1 aromatic carbocycles. The van der Waals surface area contributed by atoms with Crippen molar-refractivity contribution in [3.05, 3.63) is 52.6 Å². The van der Waals surface area contributed by atoms with Crippen LogP contribution in [0.4, 0.5) is 4.39 Å². The molecule has 30 heavy (non-hydrogen) atoms. The van der Waals surface area contributed by atoms with Gasteiger partial charge in [-0.1, -0.05) is 19.9 Å². The number of Topliss-reactive ketones (excluding diaryl/α,β-unsaturated/α-hetero) is 1. The molecule has 0 heterocycles. The van der Waals surface area contributed by atoms with Crippen LogP contribution in [0.15, 0.2) is 41.2 Å². The first-order chi connectivity index (χ1) is 14.2. The summed E-state index contributed by atoms with van der Waals surface area (Å²) in [5, 5.41) is 19.2. The number of rotatable bonds is 11. The molecule has 0 saturated heterocycles. The number of ketones is 1. The SMILES string of the molecule is CC1=C(O)C(C(=O)CC(C)C)=CCC1OCCCCOc1ccc(C(=O)O)cc1F. The van der Waals surface area contributed by atoms with Gasteiger partial charge >= 0.3 is 5.97 Å². The minimum atomic E-state index is -1.19. The number of carboxylic acid groups (broad SMARTS) is 1. The Kier molecular flexibility index (Phi) is 8.59. The molecule has 1 atom stereocenters. The molecule has 0 aliphatic heterocycles. The van der Waals surface area contributed by atoms with E-state index in [0.717, 1.165) is 6.07 Å². The maximum Gasteiger partial charge on any atom is 0.335 e. The standard InChI is InChI=1S/C23H29FO6/c1-14(2)12-19(25)17-7-9-20(15(3)22(17)26)29-10-4-5-11-30-21-8-6-16(23(27)28)13-18(21)24/h6-8,13-14,20,26H,4-5,9-12H2,1-3H3,(H,27,28). The lowest BCUT2D eigenvalue weighted by molar-refractivity contribution is -0.116. The van der Waals surface area contributed by atoms with Crippen LogP contribution in [0.5, 0.6) is 5.75 Å². The first kappa shape index (κ1) is 23.6. The van der Waals surface area contributed by atoms with E-state index in [9.17, 15) is 19.1 Å². The molecule has 0 saturated carbocycles. The smallest absolute Gasteiger partial charge is 0.335 e. The highest BCUT2D eigenvalue weighted by molar-refractivity contribution is 5.99. The molecular weight excluding hydrogens is 391 g/mol. The fraction of sp³-hybridized carbons (Fsp3) is 0.478. The third kappa shape index (κ3) is 6.42. The van der Waals surface area contributed by atoms with Gasteiger partial charge in [-0.05, 0) is 55.9 Å². The number of hydrogen-bond acceptors (Lipinski definition) is 5. The van der Waals surface area contributed by atoms with Crippen LogP contribution in [0.1, 0.15) is 56.8 Å². The Labute approximate surface area is 176 Å². The summed E-state index contributed by atoms with van der Waals surface area (Å²) < 4.78 is 25.0. The van der Waals surface area contributed by atoms with E-state index >= 15 is 0 Å². The van der Waals surface area contributed by atoms with Gasteiger partial charge in [-0.25, -0.2) is 9.18 Å². The zero-order chi connectivity index (χ0) is 22.3. The highest BCUT2D eigenvalue weighted by atomic mass is 19.1.